The molecular weight excluding hydrogens is 222 g/mol. The molecule has 2 nitrogen and oxygen atoms in total. The Morgan fingerprint density at radius 3 is 3.06 bits per heavy atom. The number of hydrogen-bond acceptors (Lipinski definition) is 2. The van der Waals surface area contributed by atoms with Gasteiger partial charge in [-0.25, -0.2) is 0 Å². The van der Waals surface area contributed by atoms with Crippen LogP contribution in [0.1, 0.15) is 18.4 Å². The minimum atomic E-state index is 0.121. The molecule has 18 heavy (non-hydrogen) atoms. The highest BCUT2D eigenvalue weighted by atomic mass is 16.1. The van der Waals surface area contributed by atoms with Crippen molar-refractivity contribution < 1.29 is 4.79 Å². The van der Waals surface area contributed by atoms with Gasteiger partial charge in [0.05, 0.1) is 6.04 Å². The van der Waals surface area contributed by atoms with Gasteiger partial charge >= 0.3 is 0 Å². The summed E-state index contributed by atoms with van der Waals surface area (Å²) in [5.74, 6) is 1.23. The van der Waals surface area contributed by atoms with Crippen LogP contribution in [0.2, 0.25) is 0 Å². The zero-order chi connectivity index (χ0) is 12.1. The summed E-state index contributed by atoms with van der Waals surface area (Å²) < 4.78 is 0. The SMILES string of the molecule is O=C1C(N2CCCc3ccccc32)[C@H]2C=CC[C@@H]12. The molecule has 0 amide bonds. The van der Waals surface area contributed by atoms with Gasteiger partial charge in [-0.2, -0.15) is 0 Å². The number of benzene rings is 1. The first-order valence-corrected chi connectivity index (χ1v) is 6.91. The molecule has 0 spiro atoms. The molecule has 1 aromatic carbocycles. The summed E-state index contributed by atoms with van der Waals surface area (Å²) in [7, 11) is 0. The number of fused-ring (bicyclic) bond motifs is 2. The van der Waals surface area contributed by atoms with Crippen LogP contribution in [0.25, 0.3) is 0 Å². The van der Waals surface area contributed by atoms with Gasteiger partial charge in [-0.05, 0) is 30.9 Å². The van der Waals surface area contributed by atoms with Crippen LogP contribution >= 0.6 is 0 Å². The second-order valence-corrected chi connectivity index (χ2v) is 5.62. The highest BCUT2D eigenvalue weighted by Gasteiger charge is 2.52. The Kier molecular flexibility index (Phi) is 2.14. The summed E-state index contributed by atoms with van der Waals surface area (Å²) in [6.07, 6.45) is 7.73. The molecule has 0 radical (unpaired) electrons. The summed E-state index contributed by atoms with van der Waals surface area (Å²) in [6, 6.07) is 8.68. The zero-order valence-corrected chi connectivity index (χ0v) is 10.4. The van der Waals surface area contributed by atoms with Gasteiger partial charge < -0.3 is 4.90 Å². The van der Waals surface area contributed by atoms with Crippen molar-refractivity contribution in [3.8, 4) is 0 Å². The molecule has 2 heteroatoms. The normalized spacial score (nSPS) is 33.0. The lowest BCUT2D eigenvalue weighted by Gasteiger charge is -2.48. The fraction of sp³-hybridized carbons (Fsp3) is 0.438. The first-order chi connectivity index (χ1) is 8.86. The van der Waals surface area contributed by atoms with E-state index >= 15 is 0 Å². The van der Waals surface area contributed by atoms with Crippen LogP contribution in [0.15, 0.2) is 36.4 Å². The van der Waals surface area contributed by atoms with Gasteiger partial charge in [0.15, 0.2) is 5.78 Å². The molecule has 3 atom stereocenters. The molecule has 1 unspecified atom stereocenters. The number of Topliss-reactive ketones (excluding diaryl/α,β-unsaturated/α-hetero) is 1. The van der Waals surface area contributed by atoms with Gasteiger partial charge in [-0.3, -0.25) is 4.79 Å². The van der Waals surface area contributed by atoms with E-state index in [4.69, 9.17) is 0 Å². The summed E-state index contributed by atoms with van der Waals surface area (Å²) in [6.45, 7) is 1.03. The number of carbonyl (C=O) groups is 1. The van der Waals surface area contributed by atoms with Gasteiger partial charge in [0.2, 0.25) is 0 Å². The summed E-state index contributed by atoms with van der Waals surface area (Å²) in [4.78, 5) is 14.6. The second-order valence-electron chi connectivity index (χ2n) is 5.62. The Hall–Kier alpha value is -1.57. The third-order valence-electron chi connectivity index (χ3n) is 4.72. The van der Waals surface area contributed by atoms with Crippen molar-refractivity contribution in [1.82, 2.24) is 0 Å². The Morgan fingerprint density at radius 1 is 1.22 bits per heavy atom. The quantitative estimate of drug-likeness (QED) is 0.702. The van der Waals surface area contributed by atoms with Crippen LogP contribution in [0, 0.1) is 11.8 Å². The predicted octanol–water partition coefficient (Wildman–Crippen LogP) is 2.58. The molecule has 92 valence electrons. The average molecular weight is 239 g/mol. The van der Waals surface area contributed by atoms with Gasteiger partial charge in [0.25, 0.3) is 0 Å². The smallest absolute Gasteiger partial charge is 0.159 e. The number of allylic oxidation sites excluding steroid dienone is 1. The highest BCUT2D eigenvalue weighted by molar-refractivity contribution is 5.97. The van der Waals surface area contributed by atoms with E-state index in [1.165, 1.54) is 17.7 Å². The molecule has 0 saturated heterocycles. The van der Waals surface area contributed by atoms with Crippen LogP contribution in [0.3, 0.4) is 0 Å². The Labute approximate surface area is 107 Å². The molecule has 2 aliphatic carbocycles. The number of ketones is 1. The van der Waals surface area contributed by atoms with Crippen LogP contribution in [0.4, 0.5) is 5.69 Å². The van der Waals surface area contributed by atoms with Gasteiger partial charge in [-0.1, -0.05) is 30.4 Å². The van der Waals surface area contributed by atoms with Crippen LogP contribution in [-0.4, -0.2) is 18.4 Å². The van der Waals surface area contributed by atoms with Crippen LogP contribution in [-0.2, 0) is 11.2 Å². The second kappa shape index (κ2) is 3.71. The molecular formula is C16H17NO. The molecule has 0 N–H and O–H groups in total. The standard InChI is InChI=1S/C16H17NO/c18-16-13-8-3-7-12(13)15(16)17-10-4-6-11-5-1-2-9-14(11)17/h1-3,5,7,9,12-13,15H,4,6,8,10H2/t12-,13+,15?/m0/s1. The van der Waals surface area contributed by atoms with Crippen molar-refractivity contribution in [2.75, 3.05) is 11.4 Å². The lowest BCUT2D eigenvalue weighted by atomic mass is 9.68. The molecule has 4 rings (SSSR count). The summed E-state index contributed by atoms with van der Waals surface area (Å²) >= 11 is 0. The minimum absolute atomic E-state index is 0.121. The summed E-state index contributed by atoms with van der Waals surface area (Å²) in [5.41, 5.74) is 2.70. The predicted molar refractivity (Wildman–Crippen MR) is 71.6 cm³/mol. The van der Waals surface area contributed by atoms with Crippen molar-refractivity contribution >= 4 is 11.5 Å². The van der Waals surface area contributed by atoms with E-state index < -0.39 is 0 Å². The molecule has 1 saturated carbocycles. The highest BCUT2D eigenvalue weighted by Crippen LogP contribution is 2.45. The van der Waals surface area contributed by atoms with Gasteiger partial charge in [0.1, 0.15) is 0 Å². The summed E-state index contributed by atoms with van der Waals surface area (Å²) in [5, 5.41) is 0. The fourth-order valence-electron chi connectivity index (χ4n) is 3.81. The van der Waals surface area contributed by atoms with E-state index in [1.807, 2.05) is 0 Å². The molecule has 1 aliphatic heterocycles. The Balaban J connectivity index is 1.70. The Morgan fingerprint density at radius 2 is 2.11 bits per heavy atom. The minimum Gasteiger partial charge on any atom is -0.361 e. The number of rotatable bonds is 1. The number of hydrogen-bond donors (Lipinski definition) is 0. The molecule has 3 aliphatic rings. The maximum absolute atomic E-state index is 12.3. The van der Waals surface area contributed by atoms with E-state index in [0.29, 0.717) is 17.6 Å². The van der Waals surface area contributed by atoms with E-state index in [1.54, 1.807) is 0 Å². The number of carbonyl (C=O) groups excluding carboxylic acids is 1. The third-order valence-corrected chi connectivity index (χ3v) is 4.72. The van der Waals surface area contributed by atoms with E-state index in [-0.39, 0.29) is 6.04 Å². The largest absolute Gasteiger partial charge is 0.361 e. The molecule has 0 bridgehead atoms. The van der Waals surface area contributed by atoms with E-state index in [9.17, 15) is 4.79 Å². The van der Waals surface area contributed by atoms with Gasteiger partial charge in [0, 0.05) is 24.1 Å². The van der Waals surface area contributed by atoms with E-state index in [2.05, 4.69) is 41.3 Å². The van der Waals surface area contributed by atoms with E-state index in [0.717, 1.165) is 19.4 Å². The number of aryl methyl sites for hydroxylation is 1. The number of para-hydroxylation sites is 1. The van der Waals surface area contributed by atoms with Crippen LogP contribution < -0.4 is 4.90 Å². The molecule has 1 heterocycles. The first-order valence-electron chi connectivity index (χ1n) is 6.91. The lowest BCUT2D eigenvalue weighted by Crippen LogP contribution is -2.60. The van der Waals surface area contributed by atoms with Crippen molar-refractivity contribution in [2.45, 2.75) is 25.3 Å². The fourth-order valence-corrected chi connectivity index (χ4v) is 3.81. The monoisotopic (exact) mass is 239 g/mol. The topological polar surface area (TPSA) is 20.3 Å². The number of anilines is 1. The molecule has 1 aromatic rings. The molecule has 0 aromatic heterocycles. The third kappa shape index (κ3) is 1.26. The first kappa shape index (κ1) is 10.4. The maximum Gasteiger partial charge on any atom is 0.159 e. The van der Waals surface area contributed by atoms with Crippen molar-refractivity contribution in [3.63, 3.8) is 0 Å². The Bertz CT molecular complexity index is 534. The lowest BCUT2D eigenvalue weighted by molar-refractivity contribution is -0.134. The number of nitrogens with zero attached hydrogens (tertiary/aromatic N) is 1. The van der Waals surface area contributed by atoms with Crippen molar-refractivity contribution in [2.24, 2.45) is 11.8 Å². The van der Waals surface area contributed by atoms with Crippen LogP contribution in [0.5, 0.6) is 0 Å². The van der Waals surface area contributed by atoms with Gasteiger partial charge in [-0.15, -0.1) is 0 Å². The van der Waals surface area contributed by atoms with Crippen molar-refractivity contribution in [3.05, 3.63) is 42.0 Å². The molecule has 1 fully saturated rings. The zero-order valence-electron chi connectivity index (χ0n) is 10.4. The maximum atomic E-state index is 12.3. The average Bonchev–Trinajstić information content (AvgIpc) is 2.83. The van der Waals surface area contributed by atoms with Crippen molar-refractivity contribution in [1.29, 1.82) is 0 Å².